The molecule has 0 aliphatic heterocycles. The normalized spacial score (nSPS) is 12.2. The van der Waals surface area contributed by atoms with Gasteiger partial charge in [0, 0.05) is 34.0 Å². The largest absolute Gasteiger partial charge is 0.373 e. The number of rotatable bonds is 4. The number of nitrogens with zero attached hydrogens (tertiary/aromatic N) is 1. The average molecular weight is 313 g/mol. The zero-order chi connectivity index (χ0) is 16.4. The van der Waals surface area contributed by atoms with Crippen molar-refractivity contribution in [3.05, 3.63) is 95.9 Å². The number of aryl methyl sites for hydroxylation is 1. The number of fused-ring (bicyclic) bond motifs is 1. The maximum absolute atomic E-state index is 4.60. The van der Waals surface area contributed by atoms with Gasteiger partial charge < -0.3 is 10.3 Å². The van der Waals surface area contributed by atoms with Crippen LogP contribution in [0.1, 0.15) is 23.0 Å². The summed E-state index contributed by atoms with van der Waals surface area (Å²) in [6, 6.07) is 24.7. The third kappa shape index (κ3) is 2.65. The average Bonchev–Trinajstić information content (AvgIpc) is 2.97. The van der Waals surface area contributed by atoms with Gasteiger partial charge in [0.25, 0.3) is 0 Å². The van der Waals surface area contributed by atoms with E-state index in [9.17, 15) is 0 Å². The van der Waals surface area contributed by atoms with Crippen LogP contribution in [0, 0.1) is 6.92 Å². The summed E-state index contributed by atoms with van der Waals surface area (Å²) in [4.78, 5) is 8.10. The molecular weight excluding hydrogens is 294 g/mol. The summed E-state index contributed by atoms with van der Waals surface area (Å²) >= 11 is 0. The van der Waals surface area contributed by atoms with Crippen molar-refractivity contribution in [3.8, 4) is 0 Å². The summed E-state index contributed by atoms with van der Waals surface area (Å²) in [6.07, 6.45) is 1.85. The summed E-state index contributed by atoms with van der Waals surface area (Å²) in [7, 11) is 0. The monoisotopic (exact) mass is 313 g/mol. The summed E-state index contributed by atoms with van der Waals surface area (Å²) in [5.74, 6) is 0. The van der Waals surface area contributed by atoms with Crippen LogP contribution in [0.2, 0.25) is 0 Å². The molecule has 0 aliphatic rings. The minimum Gasteiger partial charge on any atom is -0.373 e. The second kappa shape index (κ2) is 6.20. The van der Waals surface area contributed by atoms with Gasteiger partial charge in [-0.2, -0.15) is 0 Å². The molecule has 0 saturated carbocycles. The molecule has 0 fully saturated rings. The summed E-state index contributed by atoms with van der Waals surface area (Å²) in [5.41, 5.74) is 5.65. The number of benzene rings is 2. The molecule has 0 spiro atoms. The Hall–Kier alpha value is -3.07. The Morgan fingerprint density at radius 1 is 0.875 bits per heavy atom. The fourth-order valence-electron chi connectivity index (χ4n) is 3.21. The lowest BCUT2D eigenvalue weighted by molar-refractivity contribution is 0.884. The van der Waals surface area contributed by atoms with Crippen LogP contribution in [-0.2, 0) is 0 Å². The molecule has 118 valence electrons. The molecule has 3 nitrogen and oxygen atoms in total. The number of para-hydroxylation sites is 2. The van der Waals surface area contributed by atoms with Crippen molar-refractivity contribution in [2.45, 2.75) is 13.0 Å². The highest BCUT2D eigenvalue weighted by atomic mass is 15.0. The van der Waals surface area contributed by atoms with E-state index in [1.807, 2.05) is 36.5 Å². The van der Waals surface area contributed by atoms with Crippen LogP contribution in [0.15, 0.2) is 79.0 Å². The van der Waals surface area contributed by atoms with E-state index in [-0.39, 0.29) is 6.04 Å². The Bertz CT molecular complexity index is 943. The maximum atomic E-state index is 4.60. The highest BCUT2D eigenvalue weighted by molar-refractivity contribution is 5.86. The minimum atomic E-state index is -0.00949. The van der Waals surface area contributed by atoms with Crippen LogP contribution in [0.5, 0.6) is 0 Å². The number of H-pyrrole nitrogens is 1. The standard InChI is InChI=1S/C21H19N3/c1-15-20(17-11-5-6-12-18(17)23-15)21(19-13-7-8-14-22-19)24-16-9-3-2-4-10-16/h2-14,21,23-24H,1H3/t21-/m0/s1. The number of pyridine rings is 1. The number of nitrogens with one attached hydrogen (secondary N) is 2. The number of aromatic amines is 1. The molecule has 24 heavy (non-hydrogen) atoms. The van der Waals surface area contributed by atoms with Crippen molar-refractivity contribution in [1.82, 2.24) is 9.97 Å². The van der Waals surface area contributed by atoms with E-state index in [1.54, 1.807) is 0 Å². The van der Waals surface area contributed by atoms with Gasteiger partial charge in [-0.1, -0.05) is 42.5 Å². The summed E-state index contributed by atoms with van der Waals surface area (Å²) in [5, 5.41) is 4.88. The Morgan fingerprint density at radius 3 is 2.42 bits per heavy atom. The molecular formula is C21H19N3. The van der Waals surface area contributed by atoms with Gasteiger partial charge in [-0.3, -0.25) is 4.98 Å². The Morgan fingerprint density at radius 2 is 1.62 bits per heavy atom. The first-order valence-electron chi connectivity index (χ1n) is 8.12. The second-order valence-electron chi connectivity index (χ2n) is 5.91. The molecule has 0 saturated heterocycles. The first-order chi connectivity index (χ1) is 11.8. The molecule has 0 amide bonds. The molecule has 2 heterocycles. The Balaban J connectivity index is 1.87. The molecule has 4 aromatic rings. The highest BCUT2D eigenvalue weighted by Gasteiger charge is 2.21. The fraction of sp³-hybridized carbons (Fsp3) is 0.0952. The van der Waals surface area contributed by atoms with Crippen LogP contribution in [0.25, 0.3) is 10.9 Å². The summed E-state index contributed by atoms with van der Waals surface area (Å²) < 4.78 is 0. The highest BCUT2D eigenvalue weighted by Crippen LogP contribution is 2.33. The van der Waals surface area contributed by atoms with Gasteiger partial charge in [0.2, 0.25) is 0 Å². The molecule has 0 unspecified atom stereocenters. The molecule has 4 rings (SSSR count). The van der Waals surface area contributed by atoms with Gasteiger partial charge >= 0.3 is 0 Å². The van der Waals surface area contributed by atoms with Crippen LogP contribution in [0.3, 0.4) is 0 Å². The van der Waals surface area contributed by atoms with E-state index in [2.05, 4.69) is 64.7 Å². The molecule has 3 heteroatoms. The van der Waals surface area contributed by atoms with Crippen molar-refractivity contribution in [1.29, 1.82) is 0 Å². The lowest BCUT2D eigenvalue weighted by Crippen LogP contribution is -2.14. The topological polar surface area (TPSA) is 40.7 Å². The lowest BCUT2D eigenvalue weighted by Gasteiger charge is -2.20. The van der Waals surface area contributed by atoms with Gasteiger partial charge in [-0.15, -0.1) is 0 Å². The molecule has 2 N–H and O–H groups in total. The van der Waals surface area contributed by atoms with E-state index in [4.69, 9.17) is 0 Å². The van der Waals surface area contributed by atoms with Gasteiger partial charge in [0.15, 0.2) is 0 Å². The van der Waals surface area contributed by atoms with Crippen LogP contribution in [-0.4, -0.2) is 9.97 Å². The van der Waals surface area contributed by atoms with E-state index in [1.165, 1.54) is 10.9 Å². The van der Waals surface area contributed by atoms with Gasteiger partial charge in [0.05, 0.1) is 11.7 Å². The Labute approximate surface area is 141 Å². The first-order valence-corrected chi connectivity index (χ1v) is 8.12. The van der Waals surface area contributed by atoms with E-state index in [0.29, 0.717) is 0 Å². The van der Waals surface area contributed by atoms with Crippen molar-refractivity contribution < 1.29 is 0 Å². The molecule has 0 aliphatic carbocycles. The van der Waals surface area contributed by atoms with E-state index >= 15 is 0 Å². The van der Waals surface area contributed by atoms with E-state index in [0.717, 1.165) is 22.6 Å². The third-order valence-electron chi connectivity index (χ3n) is 4.30. The molecule has 2 aromatic heterocycles. The number of hydrogen-bond acceptors (Lipinski definition) is 2. The van der Waals surface area contributed by atoms with Gasteiger partial charge in [-0.05, 0) is 37.3 Å². The maximum Gasteiger partial charge on any atom is 0.0963 e. The van der Waals surface area contributed by atoms with Crippen molar-refractivity contribution in [2.75, 3.05) is 5.32 Å². The zero-order valence-electron chi connectivity index (χ0n) is 13.5. The Kier molecular flexibility index (Phi) is 3.75. The van der Waals surface area contributed by atoms with E-state index < -0.39 is 0 Å². The molecule has 1 atom stereocenters. The quantitative estimate of drug-likeness (QED) is 0.552. The second-order valence-corrected chi connectivity index (χ2v) is 5.91. The van der Waals surface area contributed by atoms with Crippen LogP contribution < -0.4 is 5.32 Å². The predicted octanol–water partition coefficient (Wildman–Crippen LogP) is 5.07. The molecule has 0 bridgehead atoms. The van der Waals surface area contributed by atoms with Crippen molar-refractivity contribution >= 4 is 16.6 Å². The first kappa shape index (κ1) is 14.5. The summed E-state index contributed by atoms with van der Waals surface area (Å²) in [6.45, 7) is 2.12. The van der Waals surface area contributed by atoms with Gasteiger partial charge in [0.1, 0.15) is 0 Å². The number of aromatic nitrogens is 2. The molecule has 2 aromatic carbocycles. The van der Waals surface area contributed by atoms with Crippen LogP contribution >= 0.6 is 0 Å². The third-order valence-corrected chi connectivity index (χ3v) is 4.30. The molecule has 0 radical (unpaired) electrons. The van der Waals surface area contributed by atoms with Crippen LogP contribution in [0.4, 0.5) is 5.69 Å². The fourth-order valence-corrected chi connectivity index (χ4v) is 3.21. The predicted molar refractivity (Wildman–Crippen MR) is 99.2 cm³/mol. The lowest BCUT2D eigenvalue weighted by atomic mass is 9.99. The zero-order valence-corrected chi connectivity index (χ0v) is 13.5. The SMILES string of the molecule is Cc1[nH]c2ccccc2c1[C@@H](Nc1ccccc1)c1ccccn1. The van der Waals surface area contributed by atoms with Crippen molar-refractivity contribution in [2.24, 2.45) is 0 Å². The number of hydrogen-bond donors (Lipinski definition) is 2. The smallest absolute Gasteiger partial charge is 0.0963 e. The number of anilines is 1. The minimum absolute atomic E-state index is 0.00949. The van der Waals surface area contributed by atoms with Gasteiger partial charge in [-0.25, -0.2) is 0 Å². The van der Waals surface area contributed by atoms with Crippen molar-refractivity contribution in [3.63, 3.8) is 0 Å².